The van der Waals surface area contributed by atoms with Gasteiger partial charge in [0.15, 0.2) is 0 Å². The second-order valence-electron chi connectivity index (χ2n) is 11.2. The Morgan fingerprint density at radius 1 is 0.864 bits per heavy atom. The molecule has 9 nitrogen and oxygen atoms in total. The molecule has 44 heavy (non-hydrogen) atoms. The molecule has 226 valence electrons. The predicted octanol–water partition coefficient (Wildman–Crippen LogP) is 6.28. The van der Waals surface area contributed by atoms with Crippen LogP contribution in [-0.2, 0) is 28.9 Å². The van der Waals surface area contributed by atoms with Gasteiger partial charge in [-0.05, 0) is 61.2 Å². The van der Waals surface area contributed by atoms with Crippen LogP contribution in [0, 0.1) is 20.8 Å². The Hall–Kier alpha value is -4.76. The first-order valence-electron chi connectivity index (χ1n) is 14.9. The van der Waals surface area contributed by atoms with Crippen molar-refractivity contribution in [2.24, 2.45) is 0 Å². The number of hydrogen-bond donors (Lipinski definition) is 0. The van der Waals surface area contributed by atoms with E-state index < -0.39 is 0 Å². The van der Waals surface area contributed by atoms with E-state index in [4.69, 9.17) is 18.5 Å². The summed E-state index contributed by atoms with van der Waals surface area (Å²) in [5.74, 6) is 2.60. The quantitative estimate of drug-likeness (QED) is 0.235. The van der Waals surface area contributed by atoms with Crippen LogP contribution in [0.3, 0.4) is 0 Å². The number of rotatable bonds is 5. The maximum absolute atomic E-state index is 13.4. The Kier molecular flexibility index (Phi) is 8.84. The fraction of sp³-hybridized carbons (Fsp3) is 0.314. The Bertz CT molecular complexity index is 1740. The molecule has 0 unspecified atom stereocenters. The van der Waals surface area contributed by atoms with Gasteiger partial charge in [0.2, 0.25) is 17.6 Å². The van der Waals surface area contributed by atoms with Crippen molar-refractivity contribution in [2.45, 2.75) is 46.6 Å². The van der Waals surface area contributed by atoms with E-state index in [0.717, 1.165) is 56.1 Å². The molecule has 0 fully saturated rings. The molecular weight excluding hydrogens is 556 g/mol. The second kappa shape index (κ2) is 13.3. The van der Waals surface area contributed by atoms with Crippen LogP contribution in [0.15, 0.2) is 75.8 Å². The largest absolute Gasteiger partial charge is 0.491 e. The number of aromatic nitrogens is 3. The van der Waals surface area contributed by atoms with Crippen molar-refractivity contribution < 1.29 is 23.3 Å². The topological polar surface area (TPSA) is 104 Å². The molecule has 1 aliphatic rings. The molecule has 0 spiro atoms. The smallest absolute Gasteiger partial charge is 0.227 e. The van der Waals surface area contributed by atoms with Crippen LogP contribution in [0.25, 0.3) is 22.5 Å². The summed E-state index contributed by atoms with van der Waals surface area (Å²) in [5.41, 5.74) is 8.17. The lowest BCUT2D eigenvalue weighted by atomic mass is 9.96. The Morgan fingerprint density at radius 3 is 2.57 bits per heavy atom. The van der Waals surface area contributed by atoms with E-state index >= 15 is 0 Å². The SMILES string of the molecule is Cc1cccc(-c2noc(CCC(=O)N3CCOCCOc4ccc(-c5c(C)noc5C)cc4Cc4cccc(c4)C3)n2)c1. The summed E-state index contributed by atoms with van der Waals surface area (Å²) in [7, 11) is 0. The minimum Gasteiger partial charge on any atom is -0.491 e. The molecule has 0 atom stereocenters. The molecule has 6 rings (SSSR count). The molecule has 1 amide bonds. The summed E-state index contributed by atoms with van der Waals surface area (Å²) in [6.45, 7) is 8.09. The van der Waals surface area contributed by atoms with Gasteiger partial charge in [-0.2, -0.15) is 4.98 Å². The fourth-order valence-electron chi connectivity index (χ4n) is 5.60. The predicted molar refractivity (Wildman–Crippen MR) is 165 cm³/mol. The van der Waals surface area contributed by atoms with Crippen LogP contribution in [0.5, 0.6) is 5.75 Å². The molecule has 0 aliphatic carbocycles. The summed E-state index contributed by atoms with van der Waals surface area (Å²) < 4.78 is 22.9. The zero-order chi connectivity index (χ0) is 30.5. The van der Waals surface area contributed by atoms with Gasteiger partial charge < -0.3 is 23.4 Å². The molecule has 2 aromatic heterocycles. The summed E-state index contributed by atoms with van der Waals surface area (Å²) in [6.07, 6.45) is 1.30. The van der Waals surface area contributed by atoms with Gasteiger partial charge in [-0.25, -0.2) is 0 Å². The van der Waals surface area contributed by atoms with Gasteiger partial charge in [-0.15, -0.1) is 0 Å². The van der Waals surface area contributed by atoms with Crippen LogP contribution < -0.4 is 4.74 Å². The molecule has 3 aromatic carbocycles. The standard InChI is InChI=1S/C35H36N4O5/c1-23-6-4-9-29(18-23)35-36-32(44-38-35)12-13-33(40)39-14-15-41-16-17-42-31-11-10-28(34-24(2)37-43-25(34)3)21-30(31)20-26-7-5-8-27(19-26)22-39/h4-11,18-19,21H,12-17,20,22H2,1-3H3. The Morgan fingerprint density at radius 2 is 1.73 bits per heavy atom. The first kappa shape index (κ1) is 29.3. The first-order valence-corrected chi connectivity index (χ1v) is 14.9. The molecule has 9 heteroatoms. The van der Waals surface area contributed by atoms with Gasteiger partial charge in [0, 0.05) is 43.5 Å². The average molecular weight is 593 g/mol. The highest BCUT2D eigenvalue weighted by atomic mass is 16.5. The van der Waals surface area contributed by atoms with Crippen molar-refractivity contribution in [1.29, 1.82) is 0 Å². The number of amides is 1. The molecule has 0 saturated carbocycles. The third-order valence-corrected chi connectivity index (χ3v) is 7.78. The van der Waals surface area contributed by atoms with Crippen molar-refractivity contribution in [1.82, 2.24) is 20.2 Å². The number of aryl methyl sites for hydroxylation is 4. The summed E-state index contributed by atoms with van der Waals surface area (Å²) >= 11 is 0. The van der Waals surface area contributed by atoms with Crippen molar-refractivity contribution in [3.63, 3.8) is 0 Å². The van der Waals surface area contributed by atoms with Crippen molar-refractivity contribution in [2.75, 3.05) is 26.4 Å². The van der Waals surface area contributed by atoms with E-state index in [0.29, 0.717) is 57.5 Å². The number of benzene rings is 3. The van der Waals surface area contributed by atoms with Gasteiger partial charge in [-0.3, -0.25) is 4.79 Å². The van der Waals surface area contributed by atoms with Crippen molar-refractivity contribution >= 4 is 5.91 Å². The molecule has 0 saturated heterocycles. The molecular formula is C35H36N4O5. The third-order valence-electron chi connectivity index (χ3n) is 7.78. The molecule has 3 heterocycles. The number of carbonyl (C=O) groups excluding carboxylic acids is 1. The van der Waals surface area contributed by atoms with E-state index in [1.165, 1.54) is 0 Å². The third kappa shape index (κ3) is 6.89. The molecule has 1 aliphatic heterocycles. The number of nitrogens with zero attached hydrogens (tertiary/aromatic N) is 4. The number of hydrogen-bond acceptors (Lipinski definition) is 8. The van der Waals surface area contributed by atoms with Crippen molar-refractivity contribution in [3.05, 3.63) is 106 Å². The normalized spacial score (nSPS) is 14.0. The highest BCUT2D eigenvalue weighted by Gasteiger charge is 2.19. The highest BCUT2D eigenvalue weighted by molar-refractivity contribution is 5.76. The van der Waals surface area contributed by atoms with E-state index in [-0.39, 0.29) is 12.3 Å². The van der Waals surface area contributed by atoms with Crippen LogP contribution in [-0.4, -0.2) is 52.5 Å². The summed E-state index contributed by atoms with van der Waals surface area (Å²) in [4.78, 5) is 19.8. The van der Waals surface area contributed by atoms with Gasteiger partial charge in [0.25, 0.3) is 0 Å². The number of carbonyl (C=O) groups is 1. The van der Waals surface area contributed by atoms with E-state index in [1.807, 2.05) is 68.1 Å². The van der Waals surface area contributed by atoms with Gasteiger partial charge in [0.1, 0.15) is 18.1 Å². The number of ether oxygens (including phenoxy) is 2. The maximum atomic E-state index is 13.4. The minimum absolute atomic E-state index is 0.00658. The molecule has 0 N–H and O–H groups in total. The second-order valence-corrected chi connectivity index (χ2v) is 11.2. The monoisotopic (exact) mass is 592 g/mol. The number of fused-ring (bicyclic) bond motifs is 3. The van der Waals surface area contributed by atoms with E-state index in [2.05, 4.69) is 39.6 Å². The molecule has 5 aromatic rings. The maximum Gasteiger partial charge on any atom is 0.227 e. The van der Waals surface area contributed by atoms with E-state index in [1.54, 1.807) is 0 Å². The van der Waals surface area contributed by atoms with E-state index in [9.17, 15) is 4.79 Å². The molecule has 2 bridgehead atoms. The Labute approximate surface area is 256 Å². The van der Waals surface area contributed by atoms with Crippen LogP contribution >= 0.6 is 0 Å². The van der Waals surface area contributed by atoms with Crippen LogP contribution in [0.2, 0.25) is 0 Å². The lowest BCUT2D eigenvalue weighted by molar-refractivity contribution is -0.132. The lowest BCUT2D eigenvalue weighted by Gasteiger charge is -2.23. The van der Waals surface area contributed by atoms with Gasteiger partial charge in [-0.1, -0.05) is 64.4 Å². The minimum atomic E-state index is 0.00658. The summed E-state index contributed by atoms with van der Waals surface area (Å²) in [6, 6.07) is 22.5. The van der Waals surface area contributed by atoms with Gasteiger partial charge >= 0.3 is 0 Å². The molecule has 0 radical (unpaired) electrons. The van der Waals surface area contributed by atoms with Crippen LogP contribution in [0.4, 0.5) is 0 Å². The van der Waals surface area contributed by atoms with Crippen molar-refractivity contribution in [3.8, 4) is 28.3 Å². The summed E-state index contributed by atoms with van der Waals surface area (Å²) in [5, 5.41) is 8.24. The Balaban J connectivity index is 1.18. The fourth-order valence-corrected chi connectivity index (χ4v) is 5.60. The van der Waals surface area contributed by atoms with Gasteiger partial charge in [0.05, 0.1) is 18.9 Å². The highest BCUT2D eigenvalue weighted by Crippen LogP contribution is 2.32. The van der Waals surface area contributed by atoms with Crippen LogP contribution in [0.1, 0.15) is 46.0 Å². The zero-order valence-corrected chi connectivity index (χ0v) is 25.3. The zero-order valence-electron chi connectivity index (χ0n) is 25.3. The average Bonchev–Trinajstić information content (AvgIpc) is 3.63. The lowest BCUT2D eigenvalue weighted by Crippen LogP contribution is -2.34. The first-order chi connectivity index (χ1) is 21.4.